The summed E-state index contributed by atoms with van der Waals surface area (Å²) in [6.45, 7) is 4.76. The third-order valence-electron chi connectivity index (χ3n) is 3.57. The first kappa shape index (κ1) is 18.3. The van der Waals surface area contributed by atoms with Crippen LogP contribution in [0.5, 0.6) is 0 Å². The zero-order valence-electron chi connectivity index (χ0n) is 14.0. The van der Waals surface area contributed by atoms with Crippen LogP contribution in [0, 0.1) is 0 Å². The molecule has 1 aliphatic rings. The zero-order valence-corrected chi connectivity index (χ0v) is 14.8. The lowest BCUT2D eigenvalue weighted by Gasteiger charge is -2.23. The van der Waals surface area contributed by atoms with Gasteiger partial charge in [0, 0.05) is 36.8 Å². The van der Waals surface area contributed by atoms with Crippen LogP contribution in [0.2, 0.25) is 0 Å². The van der Waals surface area contributed by atoms with Gasteiger partial charge in [0.2, 0.25) is 11.9 Å². The molecule has 2 N–H and O–H groups in total. The molecule has 1 saturated heterocycles. The van der Waals surface area contributed by atoms with Gasteiger partial charge in [0.05, 0.1) is 5.88 Å². The number of rotatable bonds is 7. The lowest BCUT2D eigenvalue weighted by atomic mass is 10.2. The molecule has 1 aromatic rings. The zero-order chi connectivity index (χ0) is 17.4. The predicted octanol–water partition coefficient (Wildman–Crippen LogP) is 1.26. The predicted molar refractivity (Wildman–Crippen MR) is 95.5 cm³/mol. The van der Waals surface area contributed by atoms with Crippen LogP contribution in [0.1, 0.15) is 20.3 Å². The van der Waals surface area contributed by atoms with E-state index < -0.39 is 6.04 Å². The van der Waals surface area contributed by atoms with Crippen LogP contribution in [0.15, 0.2) is 30.1 Å². The van der Waals surface area contributed by atoms with Gasteiger partial charge in [-0.3, -0.25) is 9.59 Å². The molecule has 0 aromatic carbocycles. The number of nitrogens with zero attached hydrogens (tertiary/aromatic N) is 3. The third kappa shape index (κ3) is 4.95. The normalized spacial score (nSPS) is 17.7. The lowest BCUT2D eigenvalue weighted by molar-refractivity contribution is -0.135. The van der Waals surface area contributed by atoms with E-state index in [9.17, 15) is 9.59 Å². The van der Waals surface area contributed by atoms with Crippen molar-refractivity contribution in [1.29, 1.82) is 0 Å². The van der Waals surface area contributed by atoms with Crippen LogP contribution in [-0.4, -0.2) is 57.4 Å². The van der Waals surface area contributed by atoms with E-state index in [-0.39, 0.29) is 11.8 Å². The molecule has 8 heteroatoms. The summed E-state index contributed by atoms with van der Waals surface area (Å²) in [5.41, 5.74) is 0.695. The quantitative estimate of drug-likeness (QED) is 0.569. The number of carbonyl (C=O) groups is 2. The molecule has 1 atom stereocenters. The van der Waals surface area contributed by atoms with Crippen molar-refractivity contribution in [2.75, 3.05) is 30.0 Å². The van der Waals surface area contributed by atoms with E-state index >= 15 is 0 Å². The smallest absolute Gasteiger partial charge is 0.250 e. The van der Waals surface area contributed by atoms with Gasteiger partial charge in [-0.25, -0.2) is 9.97 Å². The highest BCUT2D eigenvalue weighted by molar-refractivity contribution is 7.99. The first-order valence-electron chi connectivity index (χ1n) is 7.97. The summed E-state index contributed by atoms with van der Waals surface area (Å²) in [6.07, 6.45) is 6.01. The van der Waals surface area contributed by atoms with Crippen molar-refractivity contribution >= 4 is 29.5 Å². The summed E-state index contributed by atoms with van der Waals surface area (Å²) >= 11 is 1.60. The number of hydrogen-bond acceptors (Lipinski definition) is 6. The first-order valence-corrected chi connectivity index (χ1v) is 9.13. The number of carbonyl (C=O) groups excluding carboxylic acids is 2. The molecule has 0 spiro atoms. The van der Waals surface area contributed by atoms with Crippen molar-refractivity contribution in [3.63, 3.8) is 0 Å². The molecule has 7 nitrogen and oxygen atoms in total. The van der Waals surface area contributed by atoms with E-state index in [1.807, 2.05) is 13.0 Å². The second-order valence-electron chi connectivity index (χ2n) is 5.38. The summed E-state index contributed by atoms with van der Waals surface area (Å²) < 4.78 is 0. The maximum atomic E-state index is 12.4. The fourth-order valence-corrected chi connectivity index (χ4v) is 3.50. The van der Waals surface area contributed by atoms with Crippen molar-refractivity contribution in [1.82, 2.24) is 20.2 Å². The molecule has 0 saturated carbocycles. The maximum Gasteiger partial charge on any atom is 0.250 e. The monoisotopic (exact) mass is 349 g/mol. The minimum absolute atomic E-state index is 0.0576. The number of allylic oxidation sites excluding steroid dienone is 1. The topological polar surface area (TPSA) is 87.2 Å². The number of amides is 2. The van der Waals surface area contributed by atoms with Crippen molar-refractivity contribution in [3.05, 3.63) is 30.1 Å². The summed E-state index contributed by atoms with van der Waals surface area (Å²) in [7, 11) is 0. The van der Waals surface area contributed by atoms with Gasteiger partial charge in [-0.15, -0.1) is 11.8 Å². The van der Waals surface area contributed by atoms with E-state index in [2.05, 4.69) is 20.6 Å². The lowest BCUT2D eigenvalue weighted by Crippen LogP contribution is -2.48. The van der Waals surface area contributed by atoms with E-state index in [0.717, 1.165) is 6.42 Å². The van der Waals surface area contributed by atoms with Crippen molar-refractivity contribution in [2.24, 2.45) is 0 Å². The summed E-state index contributed by atoms with van der Waals surface area (Å²) in [4.78, 5) is 34.5. The van der Waals surface area contributed by atoms with Crippen molar-refractivity contribution in [2.45, 2.75) is 26.3 Å². The second kappa shape index (κ2) is 9.27. The molecular weight excluding hydrogens is 326 g/mol. The van der Waals surface area contributed by atoms with E-state index in [1.165, 1.54) is 0 Å². The molecule has 1 aliphatic heterocycles. The molecule has 24 heavy (non-hydrogen) atoms. The van der Waals surface area contributed by atoms with E-state index in [0.29, 0.717) is 36.2 Å². The summed E-state index contributed by atoms with van der Waals surface area (Å²) in [6, 6.07) is 1.33. The van der Waals surface area contributed by atoms with Crippen LogP contribution in [-0.2, 0) is 9.59 Å². The Morgan fingerprint density at radius 2 is 2.12 bits per heavy atom. The molecule has 0 aliphatic carbocycles. The fourth-order valence-electron chi connectivity index (χ4n) is 2.35. The fraction of sp³-hybridized carbons (Fsp3) is 0.500. The van der Waals surface area contributed by atoms with Crippen LogP contribution in [0.3, 0.4) is 0 Å². The Labute approximate surface area is 146 Å². The van der Waals surface area contributed by atoms with Crippen LogP contribution < -0.4 is 10.6 Å². The number of anilines is 1. The van der Waals surface area contributed by atoms with Gasteiger partial charge in [-0.05, 0) is 19.4 Å². The number of hydrogen-bond donors (Lipinski definition) is 2. The first-order chi connectivity index (χ1) is 11.6. The van der Waals surface area contributed by atoms with E-state index in [4.69, 9.17) is 0 Å². The molecule has 130 valence electrons. The third-order valence-corrected chi connectivity index (χ3v) is 4.58. The Balaban J connectivity index is 1.80. The highest BCUT2D eigenvalue weighted by Crippen LogP contribution is 2.23. The Morgan fingerprint density at radius 1 is 1.38 bits per heavy atom. The summed E-state index contributed by atoms with van der Waals surface area (Å²) in [5, 5.41) is 5.89. The number of thioether (sulfide) groups is 1. The van der Waals surface area contributed by atoms with Crippen LogP contribution >= 0.6 is 11.8 Å². The van der Waals surface area contributed by atoms with Gasteiger partial charge < -0.3 is 15.5 Å². The van der Waals surface area contributed by atoms with Gasteiger partial charge >= 0.3 is 0 Å². The molecule has 2 heterocycles. The average molecular weight is 349 g/mol. The second-order valence-corrected chi connectivity index (χ2v) is 6.38. The standard InChI is InChI=1S/C16H23N5O2S/c1-3-5-12(2)15(23)21-11-24-10-13(21)14(22)17-8-9-20-16-18-6-4-7-19-16/h4-7,13H,3,8-11H2,1-2H3,(H,17,22)(H,18,19,20)/b12-5-/t13-/m1/s1. The van der Waals surface area contributed by atoms with Crippen LogP contribution in [0.4, 0.5) is 5.95 Å². The van der Waals surface area contributed by atoms with Gasteiger partial charge in [0.15, 0.2) is 0 Å². The summed E-state index contributed by atoms with van der Waals surface area (Å²) in [5.74, 6) is 1.54. The Morgan fingerprint density at radius 3 is 2.83 bits per heavy atom. The SMILES string of the molecule is CC/C=C(/C)C(=O)N1CSC[C@@H]1C(=O)NCCNc1ncccn1. The Kier molecular flexibility index (Phi) is 7.05. The molecule has 0 bridgehead atoms. The highest BCUT2D eigenvalue weighted by Gasteiger charge is 2.34. The van der Waals surface area contributed by atoms with Crippen molar-refractivity contribution < 1.29 is 9.59 Å². The molecular formula is C16H23N5O2S. The molecule has 1 fully saturated rings. The molecule has 2 rings (SSSR count). The highest BCUT2D eigenvalue weighted by atomic mass is 32.2. The van der Waals surface area contributed by atoms with Gasteiger partial charge in [0.1, 0.15) is 6.04 Å². The van der Waals surface area contributed by atoms with E-state index in [1.54, 1.807) is 42.0 Å². The van der Waals surface area contributed by atoms with Crippen LogP contribution in [0.25, 0.3) is 0 Å². The van der Waals surface area contributed by atoms with Gasteiger partial charge in [-0.1, -0.05) is 13.0 Å². The Hall–Kier alpha value is -2.09. The maximum absolute atomic E-state index is 12.4. The molecule has 0 radical (unpaired) electrons. The number of aromatic nitrogens is 2. The molecule has 0 unspecified atom stereocenters. The minimum atomic E-state index is -0.407. The molecule has 2 amide bonds. The van der Waals surface area contributed by atoms with Crippen molar-refractivity contribution in [3.8, 4) is 0 Å². The number of nitrogens with one attached hydrogen (secondary N) is 2. The van der Waals surface area contributed by atoms with Gasteiger partial charge in [-0.2, -0.15) is 0 Å². The largest absolute Gasteiger partial charge is 0.353 e. The average Bonchev–Trinajstić information content (AvgIpc) is 3.08. The molecule has 1 aromatic heterocycles. The van der Waals surface area contributed by atoms with Gasteiger partial charge in [0.25, 0.3) is 5.91 Å². The Bertz CT molecular complexity index is 593. The minimum Gasteiger partial charge on any atom is -0.353 e.